The number of hydrogen-bond acceptors (Lipinski definition) is 7. The van der Waals surface area contributed by atoms with Crippen molar-refractivity contribution < 1.29 is 35.0 Å². The van der Waals surface area contributed by atoms with E-state index in [1.165, 1.54) is 0 Å². The van der Waals surface area contributed by atoms with Crippen LogP contribution in [-0.4, -0.2) is 62.8 Å². The van der Waals surface area contributed by atoms with Crippen LogP contribution in [-0.2, 0) is 4.74 Å². The molecule has 0 bridgehead atoms. The first kappa shape index (κ1) is 18.0. The van der Waals surface area contributed by atoms with Crippen LogP contribution < -0.4 is 4.74 Å². The highest BCUT2D eigenvalue weighted by atomic mass is 16.7. The Labute approximate surface area is 134 Å². The van der Waals surface area contributed by atoms with Gasteiger partial charge in [0.05, 0.1) is 6.61 Å². The van der Waals surface area contributed by atoms with Crippen LogP contribution in [0.5, 0.6) is 11.5 Å². The first-order chi connectivity index (χ1) is 10.8. The second-order valence-corrected chi connectivity index (χ2v) is 6.12. The van der Waals surface area contributed by atoms with Crippen molar-refractivity contribution in [1.29, 1.82) is 0 Å². The highest BCUT2D eigenvalue weighted by molar-refractivity contribution is 5.51. The number of aliphatic hydroxyl groups excluding tert-OH is 4. The fourth-order valence-corrected chi connectivity index (χ4v) is 2.54. The Kier molecular flexibility index (Phi) is 5.49. The fourth-order valence-electron chi connectivity index (χ4n) is 2.54. The highest BCUT2D eigenvalue weighted by Gasteiger charge is 2.45. The van der Waals surface area contributed by atoms with Crippen LogP contribution in [0.25, 0.3) is 0 Å². The van der Waals surface area contributed by atoms with Crippen molar-refractivity contribution >= 4 is 0 Å². The third-order valence-electron chi connectivity index (χ3n) is 4.07. The van der Waals surface area contributed by atoms with Crippen molar-refractivity contribution in [3.05, 3.63) is 23.3 Å². The van der Waals surface area contributed by atoms with Crippen LogP contribution >= 0.6 is 0 Å². The number of benzene rings is 1. The fraction of sp³-hybridized carbons (Fsp3) is 0.625. The van der Waals surface area contributed by atoms with E-state index in [9.17, 15) is 25.5 Å². The Morgan fingerprint density at radius 3 is 2.35 bits per heavy atom. The molecule has 1 aliphatic heterocycles. The van der Waals surface area contributed by atoms with Gasteiger partial charge in [0.25, 0.3) is 0 Å². The lowest BCUT2D eigenvalue weighted by atomic mass is 9.98. The summed E-state index contributed by atoms with van der Waals surface area (Å²) in [5.41, 5.74) is 1.30. The quantitative estimate of drug-likeness (QED) is 0.528. The molecule has 1 fully saturated rings. The minimum Gasteiger partial charge on any atom is -0.504 e. The average molecular weight is 328 g/mol. The molecule has 5 N–H and O–H groups in total. The lowest BCUT2D eigenvalue weighted by Gasteiger charge is -2.40. The van der Waals surface area contributed by atoms with E-state index in [-0.39, 0.29) is 17.4 Å². The van der Waals surface area contributed by atoms with Crippen molar-refractivity contribution in [3.63, 3.8) is 0 Å². The SMILES string of the molecule is Cc1ccc(C(C)C)c(OC2O[C@H](CO)[C@@H](O)[C@H](O)[C@H]2O)c1O. The second kappa shape index (κ2) is 7.02. The Bertz CT molecular complexity index is 543. The Balaban J connectivity index is 2.32. The molecule has 0 aromatic heterocycles. The van der Waals surface area contributed by atoms with E-state index in [4.69, 9.17) is 9.47 Å². The minimum atomic E-state index is -1.53. The number of aliphatic hydroxyl groups is 4. The van der Waals surface area contributed by atoms with E-state index in [2.05, 4.69) is 0 Å². The molecule has 0 radical (unpaired) electrons. The third-order valence-corrected chi connectivity index (χ3v) is 4.07. The summed E-state index contributed by atoms with van der Waals surface area (Å²) in [6.07, 6.45) is -6.89. The van der Waals surface area contributed by atoms with Crippen molar-refractivity contribution in [2.75, 3.05) is 6.61 Å². The van der Waals surface area contributed by atoms with Crippen molar-refractivity contribution in [2.45, 2.75) is 57.4 Å². The molecular formula is C16H24O7. The maximum atomic E-state index is 10.3. The van der Waals surface area contributed by atoms with E-state index >= 15 is 0 Å². The van der Waals surface area contributed by atoms with Crippen LogP contribution in [0.4, 0.5) is 0 Å². The predicted octanol–water partition coefficient (Wildman–Crippen LogP) is 0.00272. The normalized spacial score (nSPS) is 31.4. The van der Waals surface area contributed by atoms with E-state index in [0.29, 0.717) is 11.1 Å². The number of phenols is 1. The highest BCUT2D eigenvalue weighted by Crippen LogP contribution is 2.39. The van der Waals surface area contributed by atoms with Crippen molar-refractivity contribution in [2.24, 2.45) is 0 Å². The molecule has 1 aromatic carbocycles. The smallest absolute Gasteiger partial charge is 0.229 e. The van der Waals surface area contributed by atoms with E-state index < -0.39 is 37.3 Å². The molecule has 1 heterocycles. The Morgan fingerprint density at radius 2 is 1.78 bits per heavy atom. The third kappa shape index (κ3) is 3.44. The van der Waals surface area contributed by atoms with Crippen molar-refractivity contribution in [3.8, 4) is 11.5 Å². The maximum Gasteiger partial charge on any atom is 0.229 e. The van der Waals surface area contributed by atoms with Gasteiger partial charge in [-0.2, -0.15) is 0 Å². The first-order valence-electron chi connectivity index (χ1n) is 7.57. The maximum absolute atomic E-state index is 10.3. The summed E-state index contributed by atoms with van der Waals surface area (Å²) in [5.74, 6) is 0.124. The molecule has 0 aliphatic carbocycles. The van der Waals surface area contributed by atoms with Gasteiger partial charge >= 0.3 is 0 Å². The van der Waals surface area contributed by atoms with E-state index in [1.54, 1.807) is 19.1 Å². The van der Waals surface area contributed by atoms with Crippen LogP contribution in [0.1, 0.15) is 30.9 Å². The molecular weight excluding hydrogens is 304 g/mol. The molecule has 5 atom stereocenters. The van der Waals surface area contributed by atoms with Gasteiger partial charge in [-0.25, -0.2) is 0 Å². The molecule has 23 heavy (non-hydrogen) atoms. The summed E-state index contributed by atoms with van der Waals surface area (Å²) < 4.78 is 10.9. The van der Waals surface area contributed by atoms with Gasteiger partial charge in [0, 0.05) is 5.56 Å². The summed E-state index contributed by atoms with van der Waals surface area (Å²) in [4.78, 5) is 0. The minimum absolute atomic E-state index is 0.0429. The molecule has 1 aliphatic rings. The van der Waals surface area contributed by atoms with Gasteiger partial charge < -0.3 is 35.0 Å². The van der Waals surface area contributed by atoms with Crippen LogP contribution in [0.3, 0.4) is 0 Å². The molecule has 0 saturated carbocycles. The Morgan fingerprint density at radius 1 is 1.13 bits per heavy atom. The van der Waals surface area contributed by atoms with E-state index in [1.807, 2.05) is 13.8 Å². The topological polar surface area (TPSA) is 120 Å². The Hall–Kier alpha value is -1.38. The number of ether oxygens (including phenoxy) is 2. The largest absolute Gasteiger partial charge is 0.504 e. The van der Waals surface area contributed by atoms with Gasteiger partial charge in [-0.3, -0.25) is 0 Å². The summed E-state index contributed by atoms with van der Waals surface area (Å²) >= 11 is 0. The number of phenolic OH excluding ortho intramolecular Hbond substituents is 1. The number of aryl methyl sites for hydroxylation is 1. The van der Waals surface area contributed by atoms with Gasteiger partial charge in [-0.1, -0.05) is 26.0 Å². The molecule has 7 heteroatoms. The zero-order valence-electron chi connectivity index (χ0n) is 13.4. The van der Waals surface area contributed by atoms with Gasteiger partial charge in [0.15, 0.2) is 11.5 Å². The summed E-state index contributed by atoms with van der Waals surface area (Å²) in [7, 11) is 0. The molecule has 130 valence electrons. The zero-order chi connectivity index (χ0) is 17.3. The lowest BCUT2D eigenvalue weighted by Crippen LogP contribution is -2.60. The standard InChI is InChI=1S/C16H24O7/c1-7(2)9-5-4-8(3)11(18)15(9)23-16-14(21)13(20)12(19)10(6-17)22-16/h4-5,7,10,12-14,16-21H,6H2,1-3H3/t10-,12-,13+,14-,16?/m1/s1. The summed E-state index contributed by atoms with van der Waals surface area (Å²) in [5, 5.41) is 49.1. The molecule has 1 unspecified atom stereocenters. The van der Waals surface area contributed by atoms with Gasteiger partial charge in [-0.05, 0) is 18.4 Å². The van der Waals surface area contributed by atoms with Crippen LogP contribution in [0.2, 0.25) is 0 Å². The summed E-state index contributed by atoms with van der Waals surface area (Å²) in [6, 6.07) is 3.56. The van der Waals surface area contributed by atoms with Gasteiger partial charge in [0.2, 0.25) is 6.29 Å². The molecule has 7 nitrogen and oxygen atoms in total. The van der Waals surface area contributed by atoms with Gasteiger partial charge in [-0.15, -0.1) is 0 Å². The molecule has 2 rings (SSSR count). The predicted molar refractivity (Wildman–Crippen MR) is 81.3 cm³/mol. The molecule has 0 amide bonds. The van der Waals surface area contributed by atoms with Crippen LogP contribution in [0, 0.1) is 6.92 Å². The first-order valence-corrected chi connectivity index (χ1v) is 7.57. The van der Waals surface area contributed by atoms with Gasteiger partial charge in [0.1, 0.15) is 24.4 Å². The molecule has 0 spiro atoms. The van der Waals surface area contributed by atoms with E-state index in [0.717, 1.165) is 0 Å². The number of rotatable bonds is 4. The average Bonchev–Trinajstić information content (AvgIpc) is 2.51. The molecule has 1 saturated heterocycles. The number of hydrogen-bond donors (Lipinski definition) is 5. The molecule has 1 aromatic rings. The van der Waals surface area contributed by atoms with Crippen LogP contribution in [0.15, 0.2) is 12.1 Å². The monoisotopic (exact) mass is 328 g/mol. The van der Waals surface area contributed by atoms with Crippen molar-refractivity contribution in [1.82, 2.24) is 0 Å². The number of aromatic hydroxyl groups is 1. The lowest BCUT2D eigenvalue weighted by molar-refractivity contribution is -0.277. The summed E-state index contributed by atoms with van der Waals surface area (Å²) in [6.45, 7) is 5.01. The zero-order valence-corrected chi connectivity index (χ0v) is 13.4. The second-order valence-electron chi connectivity index (χ2n) is 6.12.